The Bertz CT molecular complexity index is 2550. The third-order valence-corrected chi connectivity index (χ3v) is 11.9. The molecule has 4 heterocycles. The third kappa shape index (κ3) is 11.1. The van der Waals surface area contributed by atoms with Crippen LogP contribution in [0.2, 0.25) is 10.0 Å². The van der Waals surface area contributed by atoms with Gasteiger partial charge in [0.2, 0.25) is 0 Å². The highest BCUT2D eigenvalue weighted by Gasteiger charge is 2.20. The molecule has 0 aliphatic heterocycles. The first-order chi connectivity index (χ1) is 28.0. The minimum Gasteiger partial charge on any atom is -0.478 e. The van der Waals surface area contributed by atoms with Crippen LogP contribution in [0.3, 0.4) is 0 Å². The van der Waals surface area contributed by atoms with E-state index in [9.17, 15) is 9.59 Å². The van der Waals surface area contributed by atoms with Crippen molar-refractivity contribution in [3.63, 3.8) is 0 Å². The Balaban J connectivity index is 0.000000221. The number of anilines is 1. The molecule has 0 fully saturated rings. The number of aromatic carboxylic acids is 1. The minimum atomic E-state index is -0.981. The van der Waals surface area contributed by atoms with Crippen molar-refractivity contribution >= 4 is 63.4 Å². The number of rotatable bonds is 7. The molecule has 7 nitrogen and oxygen atoms in total. The zero-order valence-electron chi connectivity index (χ0n) is 34.4. The molecule has 0 spiro atoms. The van der Waals surface area contributed by atoms with E-state index in [-0.39, 0.29) is 22.3 Å². The maximum absolute atomic E-state index is 12.9. The highest BCUT2D eigenvalue weighted by molar-refractivity contribution is 7.14. The summed E-state index contributed by atoms with van der Waals surface area (Å²) in [4.78, 5) is 36.9. The highest BCUT2D eigenvalue weighted by atomic mass is 35.5. The van der Waals surface area contributed by atoms with Crippen LogP contribution in [0, 0.1) is 0 Å². The molecule has 7 rings (SSSR count). The number of nitrogens with two attached hydrogens (primary N) is 1. The quantitative estimate of drug-likeness (QED) is 0.165. The van der Waals surface area contributed by atoms with Crippen LogP contribution in [0.25, 0.3) is 43.1 Å². The first-order valence-corrected chi connectivity index (χ1v) is 21.4. The molecule has 11 heteroatoms. The van der Waals surface area contributed by atoms with Crippen molar-refractivity contribution in [2.24, 2.45) is 5.73 Å². The summed E-state index contributed by atoms with van der Waals surface area (Å²) in [7, 11) is 3.27. The van der Waals surface area contributed by atoms with Gasteiger partial charge >= 0.3 is 5.97 Å². The van der Waals surface area contributed by atoms with Gasteiger partial charge in [0.05, 0.1) is 5.56 Å². The van der Waals surface area contributed by atoms with E-state index in [2.05, 4.69) is 86.9 Å². The monoisotopic (exact) mass is 862 g/mol. The third-order valence-electron chi connectivity index (χ3n) is 9.33. The smallest absolute Gasteiger partial charge is 0.335 e. The molecule has 59 heavy (non-hydrogen) atoms. The summed E-state index contributed by atoms with van der Waals surface area (Å²) in [5, 5.41) is 14.2. The van der Waals surface area contributed by atoms with Crippen LogP contribution < -0.4 is 10.6 Å². The van der Waals surface area contributed by atoms with Crippen molar-refractivity contribution in [2.75, 3.05) is 19.0 Å². The lowest BCUT2D eigenvalue weighted by molar-refractivity contribution is 0.0696. The summed E-state index contributed by atoms with van der Waals surface area (Å²) in [6.45, 7) is 12.9. The Hall–Kier alpha value is -5.16. The number of hydrogen-bond donors (Lipinski definition) is 2. The molecule has 7 aromatic rings. The number of pyridine rings is 2. The van der Waals surface area contributed by atoms with E-state index in [1.807, 2.05) is 72.4 Å². The summed E-state index contributed by atoms with van der Waals surface area (Å²) < 4.78 is 0. The van der Waals surface area contributed by atoms with E-state index < -0.39 is 5.97 Å². The number of halogens is 2. The average Bonchev–Trinajstić information content (AvgIpc) is 3.92. The molecule has 1 amide bonds. The molecule has 3 N–H and O–H groups in total. The van der Waals surface area contributed by atoms with Gasteiger partial charge in [-0.2, -0.15) is 0 Å². The first kappa shape index (κ1) is 44.9. The number of carboxylic acids is 1. The van der Waals surface area contributed by atoms with Crippen LogP contribution in [0.15, 0.2) is 126 Å². The molecule has 3 aromatic carbocycles. The summed E-state index contributed by atoms with van der Waals surface area (Å²) in [6, 6.07) is 32.4. The van der Waals surface area contributed by atoms with Crippen molar-refractivity contribution in [2.45, 2.75) is 52.4 Å². The van der Waals surface area contributed by atoms with E-state index in [0.29, 0.717) is 15.6 Å². The lowest BCUT2D eigenvalue weighted by Gasteiger charge is -2.18. The summed E-state index contributed by atoms with van der Waals surface area (Å²) in [5.41, 5.74) is 14.2. The number of para-hydroxylation sites is 1. The van der Waals surface area contributed by atoms with Gasteiger partial charge in [0, 0.05) is 83.8 Å². The van der Waals surface area contributed by atoms with E-state index in [4.69, 9.17) is 28.3 Å². The van der Waals surface area contributed by atoms with Gasteiger partial charge in [0.1, 0.15) is 0 Å². The largest absolute Gasteiger partial charge is 0.478 e. The standard InChI is InChI=1S/C27H25ClN2OS.C20H18ClNO2S.CH5N/c1-27(2,3)25-16-18(12-13-29-25)24-15-20(17-32-24)22-11-10-19(14-23(22)28)26(31)30(4)21-8-6-5-7-9-21;1-20(2,3)18-10-12(6-7-22-18)17-9-14(11-25-17)15-5-4-13(19(23)24)8-16(15)21;1-2/h5-17H,1-4H3;4-11H,1-3H3,(H,23,24);2H2,1H3. The fourth-order valence-corrected chi connectivity index (χ4v) is 8.37. The number of hydrogen-bond acceptors (Lipinski definition) is 7. The van der Waals surface area contributed by atoms with Gasteiger partial charge in [0.15, 0.2) is 0 Å². The number of aromatic nitrogens is 2. The predicted molar refractivity (Wildman–Crippen MR) is 250 cm³/mol. The molecule has 304 valence electrons. The van der Waals surface area contributed by atoms with Crippen molar-refractivity contribution in [3.05, 3.63) is 159 Å². The second-order valence-electron chi connectivity index (χ2n) is 15.7. The molecular formula is C48H48Cl2N4O3S2. The van der Waals surface area contributed by atoms with Gasteiger partial charge in [-0.15, -0.1) is 22.7 Å². The fraction of sp³-hybridized carbons (Fsp3) is 0.208. The van der Waals surface area contributed by atoms with Crippen LogP contribution in [0.5, 0.6) is 0 Å². The molecule has 0 aliphatic carbocycles. The van der Waals surface area contributed by atoms with E-state index in [1.165, 1.54) is 13.1 Å². The van der Waals surface area contributed by atoms with Crippen molar-refractivity contribution < 1.29 is 14.7 Å². The minimum absolute atomic E-state index is 0.00527. The Labute approximate surface area is 365 Å². The van der Waals surface area contributed by atoms with E-state index in [1.54, 1.807) is 52.8 Å². The van der Waals surface area contributed by atoms with Gasteiger partial charge < -0.3 is 15.7 Å². The van der Waals surface area contributed by atoms with Gasteiger partial charge in [0.25, 0.3) is 5.91 Å². The Morgan fingerprint density at radius 1 is 0.610 bits per heavy atom. The van der Waals surface area contributed by atoms with Crippen molar-refractivity contribution in [1.29, 1.82) is 0 Å². The number of carbonyl (C=O) groups is 2. The normalized spacial score (nSPS) is 11.2. The SMILES string of the molecule is CC(C)(C)c1cc(-c2cc(-c3ccc(C(=O)O)cc3Cl)cs2)ccn1.CN.CN(C(=O)c1ccc(-c2csc(-c3ccnc(C(C)(C)C)c3)c2)c(Cl)c1)c1ccccc1. The fourth-order valence-electron chi connectivity index (χ4n) is 5.97. The first-order valence-electron chi connectivity index (χ1n) is 18.8. The number of carbonyl (C=O) groups excluding carboxylic acids is 1. The second kappa shape index (κ2) is 19.3. The summed E-state index contributed by atoms with van der Waals surface area (Å²) in [6.07, 6.45) is 3.70. The van der Waals surface area contributed by atoms with Crippen LogP contribution in [-0.2, 0) is 10.8 Å². The molecule has 0 atom stereocenters. The van der Waals surface area contributed by atoms with Gasteiger partial charge in [-0.3, -0.25) is 14.8 Å². The Morgan fingerprint density at radius 2 is 1.05 bits per heavy atom. The maximum Gasteiger partial charge on any atom is 0.335 e. The summed E-state index contributed by atoms with van der Waals surface area (Å²) in [5.74, 6) is -1.08. The van der Waals surface area contributed by atoms with Gasteiger partial charge in [-0.1, -0.05) is 95.1 Å². The number of nitrogens with zero attached hydrogens (tertiary/aromatic N) is 3. The lowest BCUT2D eigenvalue weighted by Crippen LogP contribution is -2.26. The van der Waals surface area contributed by atoms with Gasteiger partial charge in [-0.25, -0.2) is 4.79 Å². The van der Waals surface area contributed by atoms with Crippen LogP contribution >= 0.6 is 45.9 Å². The van der Waals surface area contributed by atoms with E-state index >= 15 is 0 Å². The molecule has 0 aliphatic rings. The van der Waals surface area contributed by atoms with Crippen molar-refractivity contribution in [3.8, 4) is 43.1 Å². The maximum atomic E-state index is 12.9. The molecule has 4 aromatic heterocycles. The van der Waals surface area contributed by atoms with Crippen LogP contribution in [0.1, 0.15) is 73.6 Å². The average molecular weight is 864 g/mol. The molecular weight excluding hydrogens is 816 g/mol. The van der Waals surface area contributed by atoms with E-state index in [0.717, 1.165) is 60.2 Å². The number of benzene rings is 3. The highest BCUT2D eigenvalue weighted by Crippen LogP contribution is 2.39. The number of amides is 1. The number of carboxylic acid groups (broad SMARTS) is 1. The van der Waals surface area contributed by atoms with Crippen molar-refractivity contribution in [1.82, 2.24) is 9.97 Å². The topological polar surface area (TPSA) is 109 Å². The predicted octanol–water partition coefficient (Wildman–Crippen LogP) is 13.4. The molecule has 0 saturated heterocycles. The second-order valence-corrected chi connectivity index (χ2v) is 18.3. The van der Waals surface area contributed by atoms with Crippen LogP contribution in [0.4, 0.5) is 5.69 Å². The molecule has 0 radical (unpaired) electrons. The number of thiophene rings is 2. The van der Waals surface area contributed by atoms with Gasteiger partial charge in [-0.05, 0) is 113 Å². The molecule has 0 bridgehead atoms. The molecule has 0 saturated carbocycles. The molecule has 0 unspecified atom stereocenters. The van der Waals surface area contributed by atoms with Crippen LogP contribution in [-0.4, -0.2) is 41.0 Å². The zero-order chi connectivity index (χ0) is 43.1. The lowest BCUT2D eigenvalue weighted by atomic mass is 9.90. The Morgan fingerprint density at radius 3 is 1.47 bits per heavy atom. The summed E-state index contributed by atoms with van der Waals surface area (Å²) >= 11 is 16.2. The Kier molecular flexibility index (Phi) is 14.7. The zero-order valence-corrected chi connectivity index (χ0v) is 37.5.